The van der Waals surface area contributed by atoms with E-state index in [2.05, 4.69) is 11.8 Å². The van der Waals surface area contributed by atoms with E-state index in [-0.39, 0.29) is 11.9 Å². The second kappa shape index (κ2) is 6.45. The summed E-state index contributed by atoms with van der Waals surface area (Å²) in [7, 11) is 0. The number of carbonyl (C=O) groups is 1. The Bertz CT molecular complexity index is 515. The molecule has 5 nitrogen and oxygen atoms in total. The van der Waals surface area contributed by atoms with E-state index in [0.717, 1.165) is 19.5 Å². The highest BCUT2D eigenvalue weighted by Gasteiger charge is 2.28. The molecule has 0 aromatic heterocycles. The molecule has 2 heterocycles. The van der Waals surface area contributed by atoms with Crippen LogP contribution in [0.15, 0.2) is 18.2 Å². The van der Waals surface area contributed by atoms with Gasteiger partial charge < -0.3 is 14.2 Å². The van der Waals surface area contributed by atoms with Gasteiger partial charge in [0.2, 0.25) is 0 Å². The molecule has 5 heteroatoms. The Morgan fingerprint density at radius 1 is 1.24 bits per heavy atom. The van der Waals surface area contributed by atoms with Gasteiger partial charge >= 0.3 is 0 Å². The Morgan fingerprint density at radius 2 is 2.05 bits per heavy atom. The van der Waals surface area contributed by atoms with E-state index >= 15 is 0 Å². The molecule has 0 radical (unpaired) electrons. The van der Waals surface area contributed by atoms with E-state index in [1.54, 1.807) is 18.2 Å². The zero-order valence-corrected chi connectivity index (χ0v) is 12.3. The monoisotopic (exact) mass is 291 g/mol. The number of carbonyl (C=O) groups excluding carboxylic acids is 1. The van der Waals surface area contributed by atoms with Crippen LogP contribution in [0.1, 0.15) is 23.7 Å². The van der Waals surface area contributed by atoms with Crippen LogP contribution in [0.2, 0.25) is 0 Å². The maximum Gasteiger partial charge on any atom is 0.193 e. The molecule has 1 atom stereocenters. The summed E-state index contributed by atoms with van der Waals surface area (Å²) in [6.45, 7) is 6.41. The molecular formula is C16H21NO4. The number of nitrogens with zero attached hydrogens (tertiary/aromatic N) is 1. The lowest BCUT2D eigenvalue weighted by molar-refractivity contribution is -0.0163. The number of ketones is 1. The van der Waals surface area contributed by atoms with Gasteiger partial charge in [-0.3, -0.25) is 9.69 Å². The molecule has 114 valence electrons. The average Bonchev–Trinajstić information content (AvgIpc) is 2.54. The first-order valence-corrected chi connectivity index (χ1v) is 7.55. The zero-order valence-electron chi connectivity index (χ0n) is 12.3. The molecule has 0 amide bonds. The van der Waals surface area contributed by atoms with Crippen LogP contribution >= 0.6 is 0 Å². The summed E-state index contributed by atoms with van der Waals surface area (Å²) < 4.78 is 16.7. The van der Waals surface area contributed by atoms with Crippen molar-refractivity contribution in [3.8, 4) is 11.5 Å². The summed E-state index contributed by atoms with van der Waals surface area (Å²) in [4.78, 5) is 14.9. The number of fused-ring (bicyclic) bond motifs is 1. The van der Waals surface area contributed by atoms with Crippen LogP contribution in [-0.4, -0.2) is 56.2 Å². The molecule has 1 saturated heterocycles. The number of hydrogen-bond donors (Lipinski definition) is 0. The van der Waals surface area contributed by atoms with Crippen LogP contribution in [-0.2, 0) is 4.74 Å². The molecule has 2 aliphatic rings. The summed E-state index contributed by atoms with van der Waals surface area (Å²) in [6, 6.07) is 5.35. The smallest absolute Gasteiger partial charge is 0.193 e. The number of benzene rings is 1. The fraction of sp³-hybridized carbons (Fsp3) is 0.562. The predicted molar refractivity (Wildman–Crippen MR) is 78.2 cm³/mol. The fourth-order valence-electron chi connectivity index (χ4n) is 2.76. The van der Waals surface area contributed by atoms with Crippen molar-refractivity contribution in [1.82, 2.24) is 4.90 Å². The van der Waals surface area contributed by atoms with Crippen LogP contribution in [0, 0.1) is 0 Å². The molecule has 1 aromatic carbocycles. The summed E-state index contributed by atoms with van der Waals surface area (Å²) in [6.07, 6.45) is 0.707. The highest BCUT2D eigenvalue weighted by Crippen LogP contribution is 2.31. The standard InChI is InChI=1S/C16H21NO4/c1-2-5-17-6-7-19-15(11-17)16(18)12-3-4-13-14(10-12)21-9-8-20-13/h3-4,10,15H,2,5-9,11H2,1H3. The molecule has 0 spiro atoms. The van der Waals surface area contributed by atoms with Gasteiger partial charge in [0.05, 0.1) is 6.61 Å². The highest BCUT2D eigenvalue weighted by molar-refractivity contribution is 6.00. The lowest BCUT2D eigenvalue weighted by atomic mass is 10.0. The Balaban J connectivity index is 1.72. The van der Waals surface area contributed by atoms with Crippen molar-refractivity contribution in [1.29, 1.82) is 0 Å². The second-order valence-electron chi connectivity index (χ2n) is 5.38. The van der Waals surface area contributed by atoms with E-state index in [1.165, 1.54) is 0 Å². The van der Waals surface area contributed by atoms with Crippen LogP contribution < -0.4 is 9.47 Å². The molecular weight excluding hydrogens is 270 g/mol. The van der Waals surface area contributed by atoms with Crippen molar-refractivity contribution in [3.63, 3.8) is 0 Å². The number of hydrogen-bond acceptors (Lipinski definition) is 5. The minimum Gasteiger partial charge on any atom is -0.486 e. The average molecular weight is 291 g/mol. The van der Waals surface area contributed by atoms with Gasteiger partial charge in [-0.2, -0.15) is 0 Å². The maximum atomic E-state index is 12.6. The van der Waals surface area contributed by atoms with E-state index in [0.29, 0.717) is 43.4 Å². The second-order valence-corrected chi connectivity index (χ2v) is 5.38. The van der Waals surface area contributed by atoms with E-state index < -0.39 is 0 Å². The maximum absolute atomic E-state index is 12.6. The first kappa shape index (κ1) is 14.4. The van der Waals surface area contributed by atoms with Crippen molar-refractivity contribution >= 4 is 5.78 Å². The molecule has 1 unspecified atom stereocenters. The summed E-state index contributed by atoms with van der Waals surface area (Å²) >= 11 is 0. The van der Waals surface area contributed by atoms with Crippen LogP contribution in [0.3, 0.4) is 0 Å². The Kier molecular flexibility index (Phi) is 4.41. The van der Waals surface area contributed by atoms with Gasteiger partial charge in [0, 0.05) is 18.7 Å². The van der Waals surface area contributed by atoms with Crippen molar-refractivity contribution in [3.05, 3.63) is 23.8 Å². The highest BCUT2D eigenvalue weighted by atomic mass is 16.6. The van der Waals surface area contributed by atoms with Gasteiger partial charge in [-0.15, -0.1) is 0 Å². The van der Waals surface area contributed by atoms with Gasteiger partial charge in [0.15, 0.2) is 17.3 Å². The lowest BCUT2D eigenvalue weighted by Gasteiger charge is -2.32. The molecule has 21 heavy (non-hydrogen) atoms. The molecule has 2 aliphatic heterocycles. The first-order valence-electron chi connectivity index (χ1n) is 7.55. The molecule has 0 aliphatic carbocycles. The van der Waals surface area contributed by atoms with Crippen LogP contribution in [0.5, 0.6) is 11.5 Å². The Hall–Kier alpha value is -1.59. The third-order valence-corrected chi connectivity index (χ3v) is 3.81. The SMILES string of the molecule is CCCN1CCOC(C(=O)c2ccc3c(c2)OCCO3)C1. The number of ether oxygens (including phenoxy) is 3. The van der Waals surface area contributed by atoms with Gasteiger partial charge in [-0.1, -0.05) is 6.92 Å². The largest absolute Gasteiger partial charge is 0.486 e. The predicted octanol–water partition coefficient (Wildman–Crippen LogP) is 1.75. The topological polar surface area (TPSA) is 48.0 Å². The quantitative estimate of drug-likeness (QED) is 0.791. The fourth-order valence-corrected chi connectivity index (χ4v) is 2.76. The molecule has 0 saturated carbocycles. The van der Waals surface area contributed by atoms with Gasteiger partial charge in [-0.05, 0) is 31.2 Å². The summed E-state index contributed by atoms with van der Waals surface area (Å²) in [5, 5.41) is 0. The Labute approximate surface area is 124 Å². The van der Waals surface area contributed by atoms with Crippen LogP contribution in [0.4, 0.5) is 0 Å². The Morgan fingerprint density at radius 3 is 2.86 bits per heavy atom. The molecule has 3 rings (SSSR count). The van der Waals surface area contributed by atoms with Gasteiger partial charge in [0.25, 0.3) is 0 Å². The van der Waals surface area contributed by atoms with Crippen molar-refractivity contribution < 1.29 is 19.0 Å². The van der Waals surface area contributed by atoms with E-state index in [4.69, 9.17) is 14.2 Å². The molecule has 0 bridgehead atoms. The lowest BCUT2D eigenvalue weighted by Crippen LogP contribution is -2.46. The molecule has 0 N–H and O–H groups in total. The third kappa shape index (κ3) is 3.19. The third-order valence-electron chi connectivity index (χ3n) is 3.81. The summed E-state index contributed by atoms with van der Waals surface area (Å²) in [5.74, 6) is 1.37. The van der Waals surface area contributed by atoms with Crippen LogP contribution in [0.25, 0.3) is 0 Å². The van der Waals surface area contributed by atoms with E-state index in [1.807, 2.05) is 0 Å². The number of Topliss-reactive ketones (excluding diaryl/α,β-unsaturated/α-hetero) is 1. The summed E-state index contributed by atoms with van der Waals surface area (Å²) in [5.41, 5.74) is 0.627. The van der Waals surface area contributed by atoms with Gasteiger partial charge in [-0.25, -0.2) is 0 Å². The minimum atomic E-state index is -0.382. The normalized spacial score (nSPS) is 22.0. The zero-order chi connectivity index (χ0) is 14.7. The van der Waals surface area contributed by atoms with Crippen molar-refractivity contribution in [2.75, 3.05) is 39.5 Å². The minimum absolute atomic E-state index is 0.0211. The number of rotatable bonds is 4. The number of morpholine rings is 1. The molecule has 1 fully saturated rings. The molecule has 1 aromatic rings. The van der Waals surface area contributed by atoms with Crippen molar-refractivity contribution in [2.24, 2.45) is 0 Å². The van der Waals surface area contributed by atoms with Gasteiger partial charge in [0.1, 0.15) is 19.3 Å². The van der Waals surface area contributed by atoms with Crippen molar-refractivity contribution in [2.45, 2.75) is 19.4 Å². The first-order chi connectivity index (χ1) is 10.3. The van der Waals surface area contributed by atoms with E-state index in [9.17, 15) is 4.79 Å².